The fourth-order valence-corrected chi connectivity index (χ4v) is 3.76. The van der Waals surface area contributed by atoms with Gasteiger partial charge < -0.3 is 5.32 Å². The summed E-state index contributed by atoms with van der Waals surface area (Å²) < 4.78 is 13.3. The molecular weight excluding hydrogens is 359 g/mol. The number of halogens is 1. The average molecular weight is 383 g/mol. The number of hydrogen-bond acceptors (Lipinski definition) is 3. The van der Waals surface area contributed by atoms with Crippen LogP contribution in [0.25, 0.3) is 0 Å². The maximum Gasteiger partial charge on any atom is 0.234 e. The third-order valence-corrected chi connectivity index (χ3v) is 5.34. The Bertz CT molecular complexity index is 835. The topological polar surface area (TPSA) is 32.3 Å². The fourth-order valence-electron chi connectivity index (χ4n) is 2.96. The predicted octanol–water partition coefficient (Wildman–Crippen LogP) is 4.61. The molecule has 0 radical (unpaired) electrons. The molecule has 140 valence electrons. The molecule has 3 rings (SSSR count). The van der Waals surface area contributed by atoms with Crippen molar-refractivity contribution in [2.45, 2.75) is 19.5 Å². The van der Waals surface area contributed by atoms with E-state index in [-0.39, 0.29) is 17.8 Å². The summed E-state index contributed by atoms with van der Waals surface area (Å²) >= 11 is 1.58. The lowest BCUT2D eigenvalue weighted by atomic mass is 10.1. The predicted molar refractivity (Wildman–Crippen MR) is 108 cm³/mol. The SMILES string of the molecule is CCN(CC(=O)N[C@@H](c1ccc(F)cc1)c1cccs1)Cc1ccccc1. The Morgan fingerprint density at radius 1 is 1.07 bits per heavy atom. The van der Waals surface area contributed by atoms with Gasteiger partial charge in [0.25, 0.3) is 0 Å². The third-order valence-electron chi connectivity index (χ3n) is 4.40. The van der Waals surface area contributed by atoms with Crippen molar-refractivity contribution in [3.8, 4) is 0 Å². The van der Waals surface area contributed by atoms with Crippen LogP contribution in [0.1, 0.15) is 29.0 Å². The molecule has 1 amide bonds. The first-order valence-corrected chi connectivity index (χ1v) is 9.88. The smallest absolute Gasteiger partial charge is 0.234 e. The van der Waals surface area contributed by atoms with Crippen molar-refractivity contribution in [2.75, 3.05) is 13.1 Å². The van der Waals surface area contributed by atoms with E-state index < -0.39 is 0 Å². The number of nitrogens with one attached hydrogen (secondary N) is 1. The highest BCUT2D eigenvalue weighted by atomic mass is 32.1. The molecule has 1 N–H and O–H groups in total. The number of carbonyl (C=O) groups is 1. The van der Waals surface area contributed by atoms with Gasteiger partial charge in [-0.1, -0.05) is 55.5 Å². The highest BCUT2D eigenvalue weighted by Crippen LogP contribution is 2.26. The van der Waals surface area contributed by atoms with Gasteiger partial charge in [-0.2, -0.15) is 0 Å². The van der Waals surface area contributed by atoms with Crippen LogP contribution >= 0.6 is 11.3 Å². The van der Waals surface area contributed by atoms with Gasteiger partial charge in [-0.05, 0) is 41.3 Å². The number of benzene rings is 2. The lowest BCUT2D eigenvalue weighted by Gasteiger charge is -2.23. The Morgan fingerprint density at radius 2 is 1.81 bits per heavy atom. The maximum absolute atomic E-state index is 13.3. The number of amides is 1. The monoisotopic (exact) mass is 382 g/mol. The van der Waals surface area contributed by atoms with E-state index in [4.69, 9.17) is 0 Å². The highest BCUT2D eigenvalue weighted by molar-refractivity contribution is 7.10. The van der Waals surface area contributed by atoms with E-state index in [0.717, 1.165) is 23.5 Å². The molecule has 27 heavy (non-hydrogen) atoms. The molecule has 5 heteroatoms. The number of thiophene rings is 1. The van der Waals surface area contributed by atoms with Crippen molar-refractivity contribution in [1.82, 2.24) is 10.2 Å². The van der Waals surface area contributed by atoms with Crippen LogP contribution in [-0.4, -0.2) is 23.9 Å². The lowest BCUT2D eigenvalue weighted by Crippen LogP contribution is -2.38. The van der Waals surface area contributed by atoms with Crippen LogP contribution in [0.4, 0.5) is 4.39 Å². The molecule has 1 aromatic heterocycles. The summed E-state index contributed by atoms with van der Waals surface area (Å²) in [6.07, 6.45) is 0. The van der Waals surface area contributed by atoms with Gasteiger partial charge in [-0.3, -0.25) is 9.69 Å². The molecule has 0 fully saturated rings. The molecule has 1 heterocycles. The molecule has 3 nitrogen and oxygen atoms in total. The first-order valence-electron chi connectivity index (χ1n) is 9.00. The second-order valence-electron chi connectivity index (χ2n) is 6.36. The molecule has 3 aromatic rings. The molecule has 1 atom stereocenters. The number of hydrogen-bond donors (Lipinski definition) is 1. The van der Waals surface area contributed by atoms with E-state index in [1.807, 2.05) is 42.6 Å². The van der Waals surface area contributed by atoms with E-state index in [1.54, 1.807) is 23.5 Å². The molecular formula is C22H23FN2OS. The highest BCUT2D eigenvalue weighted by Gasteiger charge is 2.19. The van der Waals surface area contributed by atoms with Gasteiger partial charge in [0.2, 0.25) is 5.91 Å². The molecule has 0 aliphatic rings. The van der Waals surface area contributed by atoms with E-state index in [1.165, 1.54) is 17.7 Å². The molecule has 0 saturated carbocycles. The average Bonchev–Trinajstić information content (AvgIpc) is 3.22. The van der Waals surface area contributed by atoms with Gasteiger partial charge in [0.1, 0.15) is 5.82 Å². The van der Waals surface area contributed by atoms with Crippen LogP contribution in [0.15, 0.2) is 72.1 Å². The zero-order valence-electron chi connectivity index (χ0n) is 15.3. The minimum Gasteiger partial charge on any atom is -0.343 e. The van der Waals surface area contributed by atoms with E-state index in [2.05, 4.69) is 22.3 Å². The van der Waals surface area contributed by atoms with E-state index in [0.29, 0.717) is 6.54 Å². The summed E-state index contributed by atoms with van der Waals surface area (Å²) in [7, 11) is 0. The molecule has 0 aliphatic heterocycles. The number of likely N-dealkylation sites (N-methyl/N-ethyl adjacent to an activating group) is 1. The Morgan fingerprint density at radius 3 is 2.44 bits per heavy atom. The number of carbonyl (C=O) groups excluding carboxylic acids is 1. The zero-order chi connectivity index (χ0) is 19.1. The Hall–Kier alpha value is -2.50. The van der Waals surface area contributed by atoms with Crippen molar-refractivity contribution < 1.29 is 9.18 Å². The van der Waals surface area contributed by atoms with Crippen molar-refractivity contribution in [3.05, 3.63) is 93.9 Å². The second kappa shape index (κ2) is 9.44. The van der Waals surface area contributed by atoms with Gasteiger partial charge in [0.15, 0.2) is 0 Å². The van der Waals surface area contributed by atoms with Crippen molar-refractivity contribution in [1.29, 1.82) is 0 Å². The largest absolute Gasteiger partial charge is 0.343 e. The quantitative estimate of drug-likeness (QED) is 0.617. The lowest BCUT2D eigenvalue weighted by molar-refractivity contribution is -0.122. The van der Waals surface area contributed by atoms with Crippen LogP contribution in [0, 0.1) is 5.82 Å². The zero-order valence-corrected chi connectivity index (χ0v) is 16.1. The molecule has 0 aliphatic carbocycles. The number of nitrogens with zero attached hydrogens (tertiary/aromatic N) is 1. The van der Waals surface area contributed by atoms with Gasteiger partial charge in [-0.25, -0.2) is 4.39 Å². The van der Waals surface area contributed by atoms with Crippen LogP contribution in [0.3, 0.4) is 0 Å². The molecule has 0 saturated heterocycles. The van der Waals surface area contributed by atoms with E-state index >= 15 is 0 Å². The normalized spacial score (nSPS) is 12.1. The summed E-state index contributed by atoms with van der Waals surface area (Å²) in [5.41, 5.74) is 2.05. The van der Waals surface area contributed by atoms with Gasteiger partial charge >= 0.3 is 0 Å². The summed E-state index contributed by atoms with van der Waals surface area (Å²) in [6.45, 7) is 3.87. The minimum atomic E-state index is -0.282. The van der Waals surface area contributed by atoms with Gasteiger partial charge in [-0.15, -0.1) is 11.3 Å². The molecule has 2 aromatic carbocycles. The summed E-state index contributed by atoms with van der Waals surface area (Å²) in [6, 6.07) is 20.1. The van der Waals surface area contributed by atoms with Crippen LogP contribution in [0.5, 0.6) is 0 Å². The second-order valence-corrected chi connectivity index (χ2v) is 7.34. The first-order chi connectivity index (χ1) is 13.2. The van der Waals surface area contributed by atoms with Crippen LogP contribution < -0.4 is 5.32 Å². The van der Waals surface area contributed by atoms with Crippen molar-refractivity contribution >= 4 is 17.2 Å². The Labute approximate surface area is 163 Å². The Kier molecular flexibility index (Phi) is 6.74. The fraction of sp³-hybridized carbons (Fsp3) is 0.227. The maximum atomic E-state index is 13.3. The van der Waals surface area contributed by atoms with Crippen molar-refractivity contribution in [3.63, 3.8) is 0 Å². The number of rotatable bonds is 8. The Balaban J connectivity index is 1.69. The van der Waals surface area contributed by atoms with Crippen LogP contribution in [-0.2, 0) is 11.3 Å². The van der Waals surface area contributed by atoms with Crippen molar-refractivity contribution in [2.24, 2.45) is 0 Å². The van der Waals surface area contributed by atoms with Gasteiger partial charge in [0.05, 0.1) is 12.6 Å². The first kappa shape index (κ1) is 19.3. The molecule has 0 bridgehead atoms. The summed E-state index contributed by atoms with van der Waals surface area (Å²) in [5.74, 6) is -0.328. The summed E-state index contributed by atoms with van der Waals surface area (Å²) in [4.78, 5) is 15.9. The minimum absolute atomic E-state index is 0.0458. The van der Waals surface area contributed by atoms with Crippen LogP contribution in [0.2, 0.25) is 0 Å². The molecule has 0 spiro atoms. The summed E-state index contributed by atoms with van der Waals surface area (Å²) in [5, 5.41) is 5.09. The molecule has 0 unspecified atom stereocenters. The van der Waals surface area contributed by atoms with E-state index in [9.17, 15) is 9.18 Å². The van der Waals surface area contributed by atoms with Gasteiger partial charge in [0, 0.05) is 11.4 Å². The third kappa shape index (κ3) is 5.49. The standard InChI is InChI=1S/C22H23FN2OS/c1-2-25(15-17-7-4-3-5-8-17)16-21(26)24-22(20-9-6-14-27-20)18-10-12-19(23)13-11-18/h3-14,22H,2,15-16H2,1H3,(H,24,26)/t22-/m0/s1.